The third kappa shape index (κ3) is 3.78. The molecule has 1 heterocycles. The maximum Gasteiger partial charge on any atom is 0.257 e. The van der Waals surface area contributed by atoms with Crippen LogP contribution in [0.4, 0.5) is 5.69 Å². The highest BCUT2D eigenvalue weighted by Gasteiger charge is 2.11. The summed E-state index contributed by atoms with van der Waals surface area (Å²) in [7, 11) is 2.05. The fourth-order valence-electron chi connectivity index (χ4n) is 3.32. The first-order valence-electron chi connectivity index (χ1n) is 9.17. The molecule has 0 aliphatic carbocycles. The number of aromatic nitrogens is 2. The molecule has 0 unspecified atom stereocenters. The van der Waals surface area contributed by atoms with Crippen molar-refractivity contribution in [2.75, 3.05) is 5.32 Å². The van der Waals surface area contributed by atoms with Crippen LogP contribution in [0.1, 0.15) is 21.7 Å². The number of hydrogen-bond donors (Lipinski definition) is 1. The molecule has 0 saturated heterocycles. The Bertz CT molecular complexity index is 1150. The van der Waals surface area contributed by atoms with Crippen LogP contribution >= 0.6 is 11.6 Å². The third-order valence-electron chi connectivity index (χ3n) is 4.82. The maximum atomic E-state index is 12.5. The first-order valence-corrected chi connectivity index (χ1v) is 9.55. The summed E-state index contributed by atoms with van der Waals surface area (Å²) >= 11 is 6.11. The molecule has 0 atom stereocenters. The summed E-state index contributed by atoms with van der Waals surface area (Å²) in [6.07, 6.45) is 1.67. The van der Waals surface area contributed by atoms with Gasteiger partial charge in [0.1, 0.15) is 5.82 Å². The molecule has 140 valence electrons. The molecule has 1 N–H and O–H groups in total. The first-order chi connectivity index (χ1) is 13.6. The van der Waals surface area contributed by atoms with Gasteiger partial charge in [0.25, 0.3) is 5.91 Å². The molecule has 5 heteroatoms. The number of hydrogen-bond acceptors (Lipinski definition) is 2. The topological polar surface area (TPSA) is 46.9 Å². The first kappa shape index (κ1) is 18.3. The van der Waals surface area contributed by atoms with Crippen molar-refractivity contribution in [3.8, 4) is 0 Å². The van der Waals surface area contributed by atoms with E-state index in [1.54, 1.807) is 24.3 Å². The molecule has 0 fully saturated rings. The molecular weight excluding hydrogens is 370 g/mol. The van der Waals surface area contributed by atoms with E-state index in [2.05, 4.69) is 22.0 Å². The highest BCUT2D eigenvalue weighted by molar-refractivity contribution is 6.34. The molecule has 0 aliphatic rings. The van der Waals surface area contributed by atoms with E-state index < -0.39 is 0 Å². The molecule has 0 bridgehead atoms. The van der Waals surface area contributed by atoms with Crippen molar-refractivity contribution in [2.24, 2.45) is 7.05 Å². The molecule has 0 saturated carbocycles. The highest BCUT2D eigenvalue weighted by atomic mass is 35.5. The van der Waals surface area contributed by atoms with Crippen molar-refractivity contribution in [3.63, 3.8) is 0 Å². The number of rotatable bonds is 5. The number of benzene rings is 3. The third-order valence-corrected chi connectivity index (χ3v) is 5.15. The van der Waals surface area contributed by atoms with Gasteiger partial charge in [-0.1, -0.05) is 48.0 Å². The molecule has 0 spiro atoms. The number of nitrogens with zero attached hydrogens (tertiary/aromatic N) is 2. The Balaban J connectivity index is 1.47. The number of imidazole rings is 1. The molecule has 3 aromatic carbocycles. The van der Waals surface area contributed by atoms with Crippen molar-refractivity contribution in [1.29, 1.82) is 0 Å². The van der Waals surface area contributed by atoms with Crippen LogP contribution in [0.3, 0.4) is 0 Å². The van der Waals surface area contributed by atoms with E-state index in [4.69, 9.17) is 16.6 Å². The van der Waals surface area contributed by atoms with Crippen LogP contribution in [0.2, 0.25) is 5.02 Å². The minimum Gasteiger partial charge on any atom is -0.331 e. The Morgan fingerprint density at radius 1 is 1.00 bits per heavy atom. The lowest BCUT2D eigenvalue weighted by Gasteiger charge is -2.09. The van der Waals surface area contributed by atoms with Crippen LogP contribution in [-0.2, 0) is 19.9 Å². The standard InChI is InChI=1S/C23H20ClN3O/c1-27-21-12-5-4-11-20(21)26-22(27)14-13-16-7-6-8-17(15-16)25-23(28)18-9-2-3-10-19(18)24/h2-12,15H,13-14H2,1H3,(H,25,28). The largest absolute Gasteiger partial charge is 0.331 e. The molecule has 28 heavy (non-hydrogen) atoms. The van der Waals surface area contributed by atoms with Crippen molar-refractivity contribution in [2.45, 2.75) is 12.8 Å². The summed E-state index contributed by atoms with van der Waals surface area (Å²) in [6.45, 7) is 0. The number of carbonyl (C=O) groups is 1. The SMILES string of the molecule is Cn1c(CCc2cccc(NC(=O)c3ccccc3Cl)c2)nc2ccccc21. The number of aryl methyl sites for hydroxylation is 3. The summed E-state index contributed by atoms with van der Waals surface area (Å²) in [5.74, 6) is 0.838. The molecular formula is C23H20ClN3O. The van der Waals surface area contributed by atoms with Crippen LogP contribution in [-0.4, -0.2) is 15.5 Å². The Morgan fingerprint density at radius 2 is 1.79 bits per heavy atom. The van der Waals surface area contributed by atoms with E-state index in [0.717, 1.165) is 41.0 Å². The average Bonchev–Trinajstić information content (AvgIpc) is 3.03. The van der Waals surface area contributed by atoms with Gasteiger partial charge in [0.05, 0.1) is 21.6 Å². The van der Waals surface area contributed by atoms with Crippen molar-refractivity contribution in [1.82, 2.24) is 9.55 Å². The normalized spacial score (nSPS) is 10.9. The van der Waals surface area contributed by atoms with E-state index in [1.165, 1.54) is 0 Å². The molecule has 4 rings (SSSR count). The molecule has 1 aromatic heterocycles. The zero-order valence-corrected chi connectivity index (χ0v) is 16.3. The number of amides is 1. The summed E-state index contributed by atoms with van der Waals surface area (Å²) in [5, 5.41) is 3.37. The second kappa shape index (κ2) is 7.87. The Kier molecular flexibility index (Phi) is 5.13. The van der Waals surface area contributed by atoms with Gasteiger partial charge in [-0.05, 0) is 48.4 Å². The zero-order chi connectivity index (χ0) is 19.5. The lowest BCUT2D eigenvalue weighted by atomic mass is 10.1. The number of halogens is 1. The van der Waals surface area contributed by atoms with Gasteiger partial charge in [-0.3, -0.25) is 4.79 Å². The highest BCUT2D eigenvalue weighted by Crippen LogP contribution is 2.19. The molecule has 1 amide bonds. The van der Waals surface area contributed by atoms with Crippen LogP contribution in [0.25, 0.3) is 11.0 Å². The lowest BCUT2D eigenvalue weighted by Crippen LogP contribution is -2.12. The van der Waals surface area contributed by atoms with Gasteiger partial charge in [0.2, 0.25) is 0 Å². The maximum absolute atomic E-state index is 12.5. The van der Waals surface area contributed by atoms with Crippen LogP contribution in [0.15, 0.2) is 72.8 Å². The zero-order valence-electron chi connectivity index (χ0n) is 15.5. The van der Waals surface area contributed by atoms with E-state index >= 15 is 0 Å². The minimum absolute atomic E-state index is 0.210. The van der Waals surface area contributed by atoms with Crippen LogP contribution in [0, 0.1) is 0 Å². The van der Waals surface area contributed by atoms with Crippen molar-refractivity contribution < 1.29 is 4.79 Å². The second-order valence-corrected chi connectivity index (χ2v) is 7.12. The van der Waals surface area contributed by atoms with Gasteiger partial charge in [0.15, 0.2) is 0 Å². The Hall–Kier alpha value is -3.11. The quantitative estimate of drug-likeness (QED) is 0.505. The number of para-hydroxylation sites is 2. The second-order valence-electron chi connectivity index (χ2n) is 6.71. The van der Waals surface area contributed by atoms with Gasteiger partial charge in [-0.15, -0.1) is 0 Å². The van der Waals surface area contributed by atoms with Crippen LogP contribution < -0.4 is 5.32 Å². The van der Waals surface area contributed by atoms with Crippen molar-refractivity contribution in [3.05, 3.63) is 94.8 Å². The molecule has 4 nitrogen and oxygen atoms in total. The number of anilines is 1. The Labute approximate surface area is 168 Å². The number of fused-ring (bicyclic) bond motifs is 1. The smallest absolute Gasteiger partial charge is 0.257 e. The van der Waals surface area contributed by atoms with E-state index in [1.807, 2.05) is 43.4 Å². The number of nitrogens with one attached hydrogen (secondary N) is 1. The fraction of sp³-hybridized carbons (Fsp3) is 0.130. The fourth-order valence-corrected chi connectivity index (χ4v) is 3.55. The predicted molar refractivity (Wildman–Crippen MR) is 114 cm³/mol. The summed E-state index contributed by atoms with van der Waals surface area (Å²) in [5.41, 5.74) is 4.52. The van der Waals surface area contributed by atoms with Gasteiger partial charge < -0.3 is 9.88 Å². The van der Waals surface area contributed by atoms with Gasteiger partial charge >= 0.3 is 0 Å². The van der Waals surface area contributed by atoms with Gasteiger partial charge in [0, 0.05) is 19.2 Å². The minimum atomic E-state index is -0.210. The molecule has 0 radical (unpaired) electrons. The van der Waals surface area contributed by atoms with Gasteiger partial charge in [-0.2, -0.15) is 0 Å². The summed E-state index contributed by atoms with van der Waals surface area (Å²) in [6, 6.07) is 23.1. The summed E-state index contributed by atoms with van der Waals surface area (Å²) < 4.78 is 2.14. The van der Waals surface area contributed by atoms with E-state index in [0.29, 0.717) is 10.6 Å². The van der Waals surface area contributed by atoms with E-state index in [-0.39, 0.29) is 5.91 Å². The molecule has 0 aliphatic heterocycles. The lowest BCUT2D eigenvalue weighted by molar-refractivity contribution is 0.102. The molecule has 4 aromatic rings. The predicted octanol–water partition coefficient (Wildman–Crippen LogP) is 5.26. The summed E-state index contributed by atoms with van der Waals surface area (Å²) in [4.78, 5) is 17.2. The Morgan fingerprint density at radius 3 is 2.61 bits per heavy atom. The van der Waals surface area contributed by atoms with Crippen LogP contribution in [0.5, 0.6) is 0 Å². The average molecular weight is 390 g/mol. The monoisotopic (exact) mass is 389 g/mol. The van der Waals surface area contributed by atoms with Crippen molar-refractivity contribution >= 4 is 34.2 Å². The van der Waals surface area contributed by atoms with E-state index in [9.17, 15) is 4.79 Å². The van der Waals surface area contributed by atoms with Gasteiger partial charge in [-0.25, -0.2) is 4.98 Å². The number of carbonyl (C=O) groups excluding carboxylic acids is 1.